The van der Waals surface area contributed by atoms with E-state index < -0.39 is 0 Å². The minimum Gasteiger partial charge on any atom is -0.358 e. The van der Waals surface area contributed by atoms with E-state index in [1.165, 1.54) is 4.90 Å². The summed E-state index contributed by atoms with van der Waals surface area (Å²) in [5.74, 6) is 0.858. The van der Waals surface area contributed by atoms with Gasteiger partial charge in [-0.15, -0.1) is 0 Å². The normalized spacial score (nSPS) is 15.6. The van der Waals surface area contributed by atoms with Gasteiger partial charge in [0.05, 0.1) is 12.7 Å². The lowest BCUT2D eigenvalue weighted by molar-refractivity contribution is -0.892. The van der Waals surface area contributed by atoms with Gasteiger partial charge in [0.15, 0.2) is 6.54 Å². The zero-order chi connectivity index (χ0) is 15.1. The number of aromatic nitrogens is 1. The Morgan fingerprint density at radius 3 is 2.67 bits per heavy atom. The molecule has 2 heterocycles. The van der Waals surface area contributed by atoms with Crippen molar-refractivity contribution in [2.24, 2.45) is 0 Å². The van der Waals surface area contributed by atoms with Crippen LogP contribution in [0.2, 0.25) is 0 Å². The molecular formula is C14H23N5O2+2. The number of carbonyl (C=O) groups excluding carboxylic acids is 2. The summed E-state index contributed by atoms with van der Waals surface area (Å²) in [6.07, 6.45) is 1.92. The van der Waals surface area contributed by atoms with Gasteiger partial charge in [0.2, 0.25) is 5.91 Å². The second-order valence-electron chi connectivity index (χ2n) is 5.11. The monoisotopic (exact) mass is 293 g/mol. The molecule has 4 N–H and O–H groups in total. The van der Waals surface area contributed by atoms with Gasteiger partial charge in [-0.1, -0.05) is 6.07 Å². The first-order valence-electron chi connectivity index (χ1n) is 7.21. The summed E-state index contributed by atoms with van der Waals surface area (Å²) in [6.45, 7) is 4.13. The maximum absolute atomic E-state index is 11.8. The second-order valence-corrected chi connectivity index (χ2v) is 5.11. The van der Waals surface area contributed by atoms with Crippen LogP contribution >= 0.6 is 0 Å². The number of hydrogen-bond acceptors (Lipinski definition) is 3. The summed E-state index contributed by atoms with van der Waals surface area (Å²) in [6, 6.07) is 6.03. The van der Waals surface area contributed by atoms with Crippen LogP contribution in [0.4, 0.5) is 5.82 Å². The van der Waals surface area contributed by atoms with Crippen LogP contribution in [0.15, 0.2) is 24.4 Å². The molecule has 2 amide bonds. The number of rotatable bonds is 5. The summed E-state index contributed by atoms with van der Waals surface area (Å²) in [5.41, 5.74) is 0. The molecular weight excluding hydrogens is 270 g/mol. The SMILES string of the molecule is CNC(=O)CNC(=O)C[NH+]1CCN(c2cccc[nH+]2)CC1. The number of pyridine rings is 1. The predicted octanol–water partition coefficient (Wildman–Crippen LogP) is -2.93. The Hall–Kier alpha value is -2.15. The van der Waals surface area contributed by atoms with Crippen LogP contribution in [0.25, 0.3) is 0 Å². The van der Waals surface area contributed by atoms with Crippen molar-refractivity contribution in [3.05, 3.63) is 24.4 Å². The number of hydrogen-bond donors (Lipinski definition) is 3. The topological polar surface area (TPSA) is 80.0 Å². The van der Waals surface area contributed by atoms with Gasteiger partial charge >= 0.3 is 0 Å². The number of amides is 2. The molecule has 0 bridgehead atoms. The van der Waals surface area contributed by atoms with Gasteiger partial charge in [0.25, 0.3) is 11.7 Å². The van der Waals surface area contributed by atoms with E-state index in [9.17, 15) is 9.59 Å². The average molecular weight is 293 g/mol. The zero-order valence-electron chi connectivity index (χ0n) is 12.3. The fraction of sp³-hybridized carbons (Fsp3) is 0.500. The molecule has 0 saturated carbocycles. The molecule has 0 unspecified atom stereocenters. The summed E-state index contributed by atoms with van der Waals surface area (Å²) < 4.78 is 0. The lowest BCUT2D eigenvalue weighted by Crippen LogP contribution is -3.16. The smallest absolute Gasteiger partial charge is 0.275 e. The predicted molar refractivity (Wildman–Crippen MR) is 77.9 cm³/mol. The molecule has 1 saturated heterocycles. The van der Waals surface area contributed by atoms with Crippen LogP contribution < -0.4 is 25.4 Å². The minimum absolute atomic E-state index is 0.0493. The molecule has 0 spiro atoms. The third kappa shape index (κ3) is 4.71. The van der Waals surface area contributed by atoms with Gasteiger partial charge in [0.1, 0.15) is 26.2 Å². The van der Waals surface area contributed by atoms with Crippen LogP contribution in [-0.2, 0) is 9.59 Å². The third-order valence-corrected chi connectivity index (χ3v) is 3.64. The van der Waals surface area contributed by atoms with Crippen LogP contribution in [-0.4, -0.2) is 58.1 Å². The van der Waals surface area contributed by atoms with E-state index in [1.54, 1.807) is 7.05 Å². The van der Waals surface area contributed by atoms with Crippen molar-refractivity contribution < 1.29 is 19.5 Å². The van der Waals surface area contributed by atoms with Gasteiger partial charge < -0.3 is 15.5 Å². The minimum atomic E-state index is -0.178. The number of quaternary nitrogens is 1. The van der Waals surface area contributed by atoms with E-state index >= 15 is 0 Å². The Morgan fingerprint density at radius 1 is 1.29 bits per heavy atom. The number of anilines is 1. The van der Waals surface area contributed by atoms with Crippen LogP contribution in [0.5, 0.6) is 0 Å². The number of piperazine rings is 1. The van der Waals surface area contributed by atoms with Crippen LogP contribution in [0.1, 0.15) is 0 Å². The van der Waals surface area contributed by atoms with Crippen molar-refractivity contribution in [1.29, 1.82) is 0 Å². The number of carbonyl (C=O) groups is 2. The fourth-order valence-electron chi connectivity index (χ4n) is 2.38. The third-order valence-electron chi connectivity index (χ3n) is 3.64. The van der Waals surface area contributed by atoms with Gasteiger partial charge in [-0.05, 0) is 6.07 Å². The Balaban J connectivity index is 1.72. The molecule has 7 heteroatoms. The first-order chi connectivity index (χ1) is 10.2. The summed E-state index contributed by atoms with van der Waals surface area (Å²) in [7, 11) is 1.56. The Kier molecular flexibility index (Phi) is 5.51. The van der Waals surface area contributed by atoms with Crippen molar-refractivity contribution in [2.45, 2.75) is 0 Å². The highest BCUT2D eigenvalue weighted by molar-refractivity contribution is 5.84. The average Bonchev–Trinajstić information content (AvgIpc) is 2.54. The zero-order valence-corrected chi connectivity index (χ0v) is 12.3. The Morgan fingerprint density at radius 2 is 2.05 bits per heavy atom. The lowest BCUT2D eigenvalue weighted by atomic mass is 10.3. The van der Waals surface area contributed by atoms with E-state index in [-0.39, 0.29) is 18.4 Å². The quantitative estimate of drug-likeness (QED) is 0.544. The Bertz CT molecular complexity index is 472. The maximum Gasteiger partial charge on any atom is 0.275 e. The second kappa shape index (κ2) is 7.58. The van der Waals surface area contributed by atoms with Crippen molar-refractivity contribution >= 4 is 17.6 Å². The molecule has 7 nitrogen and oxygen atoms in total. The van der Waals surface area contributed by atoms with E-state index in [0.29, 0.717) is 6.54 Å². The van der Waals surface area contributed by atoms with Gasteiger partial charge in [-0.2, -0.15) is 0 Å². The van der Waals surface area contributed by atoms with Crippen molar-refractivity contribution in [2.75, 3.05) is 51.2 Å². The number of likely N-dealkylation sites (N-methyl/N-ethyl adjacent to an activating group) is 1. The molecule has 21 heavy (non-hydrogen) atoms. The molecule has 1 aromatic rings. The molecule has 2 rings (SSSR count). The van der Waals surface area contributed by atoms with Crippen LogP contribution in [0, 0.1) is 0 Å². The van der Waals surface area contributed by atoms with Crippen LogP contribution in [0.3, 0.4) is 0 Å². The van der Waals surface area contributed by atoms with E-state index in [4.69, 9.17) is 0 Å². The van der Waals surface area contributed by atoms with E-state index in [0.717, 1.165) is 32.0 Å². The molecule has 0 aliphatic carbocycles. The van der Waals surface area contributed by atoms with Crippen molar-refractivity contribution in [1.82, 2.24) is 10.6 Å². The molecule has 1 fully saturated rings. The van der Waals surface area contributed by atoms with E-state index in [2.05, 4.69) is 26.6 Å². The number of H-pyrrole nitrogens is 1. The van der Waals surface area contributed by atoms with Gasteiger partial charge in [0, 0.05) is 13.1 Å². The Labute approximate surface area is 124 Å². The molecule has 114 valence electrons. The van der Waals surface area contributed by atoms with Crippen molar-refractivity contribution in [3.8, 4) is 0 Å². The van der Waals surface area contributed by atoms with Gasteiger partial charge in [-0.3, -0.25) is 14.5 Å². The number of aromatic amines is 1. The van der Waals surface area contributed by atoms with E-state index in [1.807, 2.05) is 18.3 Å². The maximum atomic E-state index is 11.8. The molecule has 1 aliphatic rings. The number of nitrogens with zero attached hydrogens (tertiary/aromatic N) is 1. The summed E-state index contributed by atoms with van der Waals surface area (Å²) >= 11 is 0. The number of nitrogens with one attached hydrogen (secondary N) is 4. The van der Waals surface area contributed by atoms with Gasteiger partial charge in [-0.25, -0.2) is 4.98 Å². The largest absolute Gasteiger partial charge is 0.358 e. The molecule has 0 aromatic carbocycles. The first kappa shape index (κ1) is 15.2. The van der Waals surface area contributed by atoms with Crippen molar-refractivity contribution in [3.63, 3.8) is 0 Å². The summed E-state index contributed by atoms with van der Waals surface area (Å²) in [4.78, 5) is 29.6. The fourth-order valence-corrected chi connectivity index (χ4v) is 2.38. The molecule has 1 aliphatic heterocycles. The molecule has 1 aromatic heterocycles. The molecule has 0 radical (unpaired) electrons. The lowest BCUT2D eigenvalue weighted by Gasteiger charge is -2.27. The highest BCUT2D eigenvalue weighted by Gasteiger charge is 2.27. The molecule has 0 atom stereocenters. The standard InChI is InChI=1S/C14H21N5O2/c1-15-13(20)10-17-14(21)11-18-6-8-19(9-7-18)12-4-2-3-5-16-12/h2-5H,6-11H2,1H3,(H,15,20)(H,17,21)/p+2. The highest BCUT2D eigenvalue weighted by atomic mass is 16.2. The highest BCUT2D eigenvalue weighted by Crippen LogP contribution is 2.04. The first-order valence-corrected chi connectivity index (χ1v) is 7.21. The summed E-state index contributed by atoms with van der Waals surface area (Å²) in [5, 5.41) is 5.11.